The van der Waals surface area contributed by atoms with Crippen molar-refractivity contribution in [1.82, 2.24) is 4.98 Å². The number of para-hydroxylation sites is 1. The average molecular weight is 345 g/mol. The van der Waals surface area contributed by atoms with Crippen LogP contribution in [0, 0.1) is 0 Å². The van der Waals surface area contributed by atoms with Crippen LogP contribution in [0.25, 0.3) is 32.3 Å². The van der Waals surface area contributed by atoms with Crippen LogP contribution in [-0.2, 0) is 6.18 Å². The van der Waals surface area contributed by atoms with Gasteiger partial charge in [0.1, 0.15) is 5.76 Å². The summed E-state index contributed by atoms with van der Waals surface area (Å²) in [5.41, 5.74) is 0.152. The monoisotopic (exact) mass is 345 g/mol. The molecule has 0 bridgehead atoms. The number of furan rings is 1. The van der Waals surface area contributed by atoms with Gasteiger partial charge in [0.05, 0.1) is 15.8 Å². The van der Waals surface area contributed by atoms with Gasteiger partial charge in [0.25, 0.3) is 0 Å². The minimum absolute atomic E-state index is 0.0253. The molecule has 24 heavy (non-hydrogen) atoms. The number of rotatable bonds is 2. The van der Waals surface area contributed by atoms with E-state index in [2.05, 4.69) is 4.98 Å². The molecule has 0 fully saturated rings. The van der Waals surface area contributed by atoms with Gasteiger partial charge in [-0.3, -0.25) is 0 Å². The molecule has 2 aromatic carbocycles. The third-order valence-corrected chi connectivity index (χ3v) is 4.66. The van der Waals surface area contributed by atoms with E-state index in [4.69, 9.17) is 4.42 Å². The Kier molecular flexibility index (Phi) is 3.42. The third kappa shape index (κ3) is 2.59. The molecular formula is C18H10F3NOS. The van der Waals surface area contributed by atoms with Crippen molar-refractivity contribution < 1.29 is 17.6 Å². The Morgan fingerprint density at radius 2 is 1.54 bits per heavy atom. The number of alkyl halides is 3. The highest BCUT2D eigenvalue weighted by Crippen LogP contribution is 2.39. The quantitative estimate of drug-likeness (QED) is 0.430. The number of nitrogens with zero attached hydrogens (tertiary/aromatic N) is 1. The Morgan fingerprint density at radius 3 is 2.33 bits per heavy atom. The number of aromatic nitrogens is 1. The fourth-order valence-electron chi connectivity index (χ4n) is 2.52. The summed E-state index contributed by atoms with van der Waals surface area (Å²) in [6, 6.07) is 16.2. The average Bonchev–Trinajstić information content (AvgIpc) is 3.20. The minimum Gasteiger partial charge on any atom is -0.454 e. The summed E-state index contributed by atoms with van der Waals surface area (Å²) < 4.78 is 46.1. The van der Waals surface area contributed by atoms with Crippen LogP contribution in [0.5, 0.6) is 0 Å². The first kappa shape index (κ1) is 15.0. The molecule has 0 amide bonds. The van der Waals surface area contributed by atoms with E-state index >= 15 is 0 Å². The van der Waals surface area contributed by atoms with Gasteiger partial charge in [0, 0.05) is 5.56 Å². The summed E-state index contributed by atoms with van der Waals surface area (Å²) in [5.74, 6) is 0.639. The molecule has 0 radical (unpaired) electrons. The Hall–Kier alpha value is -2.60. The molecule has 0 saturated heterocycles. The largest absolute Gasteiger partial charge is 0.454 e. The lowest BCUT2D eigenvalue weighted by atomic mass is 10.1. The lowest BCUT2D eigenvalue weighted by Crippen LogP contribution is -2.06. The highest BCUT2D eigenvalue weighted by atomic mass is 32.1. The van der Waals surface area contributed by atoms with Crippen molar-refractivity contribution in [3.8, 4) is 22.1 Å². The van der Waals surface area contributed by atoms with Crippen LogP contribution in [0.15, 0.2) is 65.1 Å². The van der Waals surface area contributed by atoms with Gasteiger partial charge in [0.2, 0.25) is 0 Å². The highest BCUT2D eigenvalue weighted by molar-refractivity contribution is 7.21. The van der Waals surface area contributed by atoms with Gasteiger partial charge in [-0.05, 0) is 30.3 Å². The number of halogens is 3. The van der Waals surface area contributed by atoms with Crippen molar-refractivity contribution in [3.05, 3.63) is 66.2 Å². The molecule has 0 atom stereocenters. The lowest BCUT2D eigenvalue weighted by molar-refractivity contribution is -0.137. The summed E-state index contributed by atoms with van der Waals surface area (Å²) in [5, 5.41) is 0.645. The minimum atomic E-state index is -4.43. The number of hydrogen-bond acceptors (Lipinski definition) is 3. The fraction of sp³-hybridized carbons (Fsp3) is 0.0556. The molecule has 6 heteroatoms. The third-order valence-electron chi connectivity index (χ3n) is 3.61. The van der Waals surface area contributed by atoms with Gasteiger partial charge in [-0.1, -0.05) is 30.3 Å². The maximum Gasteiger partial charge on any atom is 0.417 e. The number of benzene rings is 2. The van der Waals surface area contributed by atoms with Crippen LogP contribution in [0.1, 0.15) is 5.56 Å². The second-order valence-electron chi connectivity index (χ2n) is 5.19. The SMILES string of the molecule is FC(F)(F)c1ccccc1-c1ccc(-c2nc3ccccc3s2)o1. The highest BCUT2D eigenvalue weighted by Gasteiger charge is 2.34. The first-order valence-corrected chi connectivity index (χ1v) is 7.96. The predicted octanol–water partition coefficient (Wildman–Crippen LogP) is 6.24. The van der Waals surface area contributed by atoms with Crippen LogP contribution in [-0.4, -0.2) is 4.98 Å². The van der Waals surface area contributed by atoms with Crippen LogP contribution < -0.4 is 0 Å². The number of hydrogen-bond donors (Lipinski definition) is 0. The van der Waals surface area contributed by atoms with Gasteiger partial charge < -0.3 is 4.42 Å². The van der Waals surface area contributed by atoms with Crippen molar-refractivity contribution in [1.29, 1.82) is 0 Å². The summed E-state index contributed by atoms with van der Waals surface area (Å²) in [6.07, 6.45) is -4.43. The van der Waals surface area contributed by atoms with Crippen LogP contribution in [0.2, 0.25) is 0 Å². The topological polar surface area (TPSA) is 26.0 Å². The second-order valence-corrected chi connectivity index (χ2v) is 6.22. The molecule has 4 rings (SSSR count). The Labute approximate surface area is 139 Å². The standard InChI is InChI=1S/C18H10F3NOS/c19-18(20,21)12-6-2-1-5-11(12)14-9-10-15(23-14)17-22-13-7-3-4-8-16(13)24-17/h1-10H. The molecular weight excluding hydrogens is 335 g/mol. The van der Waals surface area contributed by atoms with E-state index in [9.17, 15) is 13.2 Å². The molecule has 0 aliphatic carbocycles. The van der Waals surface area contributed by atoms with Gasteiger partial charge in [-0.25, -0.2) is 4.98 Å². The molecule has 4 aromatic rings. The summed E-state index contributed by atoms with van der Waals surface area (Å²) in [7, 11) is 0. The van der Waals surface area contributed by atoms with E-state index in [1.165, 1.54) is 23.5 Å². The molecule has 120 valence electrons. The van der Waals surface area contributed by atoms with E-state index in [0.717, 1.165) is 16.3 Å². The first-order chi connectivity index (χ1) is 11.5. The molecule has 0 N–H and O–H groups in total. The summed E-state index contributed by atoms with van der Waals surface area (Å²) in [6.45, 7) is 0. The maximum atomic E-state index is 13.2. The molecule has 0 aliphatic heterocycles. The molecule has 2 aromatic heterocycles. The first-order valence-electron chi connectivity index (χ1n) is 7.15. The van der Waals surface area contributed by atoms with E-state index in [1.807, 2.05) is 24.3 Å². The smallest absolute Gasteiger partial charge is 0.417 e. The van der Waals surface area contributed by atoms with E-state index < -0.39 is 11.7 Å². The van der Waals surface area contributed by atoms with Crippen molar-refractivity contribution >= 4 is 21.6 Å². The zero-order chi connectivity index (χ0) is 16.7. The van der Waals surface area contributed by atoms with Crippen molar-refractivity contribution in [3.63, 3.8) is 0 Å². The van der Waals surface area contributed by atoms with Crippen LogP contribution >= 0.6 is 11.3 Å². The van der Waals surface area contributed by atoms with Crippen molar-refractivity contribution in [2.75, 3.05) is 0 Å². The van der Waals surface area contributed by atoms with Crippen molar-refractivity contribution in [2.45, 2.75) is 6.18 Å². The van der Waals surface area contributed by atoms with Crippen LogP contribution in [0.4, 0.5) is 13.2 Å². The lowest BCUT2D eigenvalue weighted by Gasteiger charge is -2.10. The zero-order valence-electron chi connectivity index (χ0n) is 12.2. The van der Waals surface area contributed by atoms with E-state index in [1.54, 1.807) is 18.2 Å². The van der Waals surface area contributed by atoms with Crippen molar-refractivity contribution in [2.24, 2.45) is 0 Å². The van der Waals surface area contributed by atoms with Gasteiger partial charge in [0.15, 0.2) is 10.8 Å². The van der Waals surface area contributed by atoms with Gasteiger partial charge >= 0.3 is 6.18 Å². The normalized spacial score (nSPS) is 12.0. The number of thiazole rings is 1. The van der Waals surface area contributed by atoms with Gasteiger partial charge in [-0.2, -0.15) is 13.2 Å². The van der Waals surface area contributed by atoms with E-state index in [-0.39, 0.29) is 11.3 Å². The Balaban J connectivity index is 1.78. The molecule has 0 spiro atoms. The Bertz CT molecular complexity index is 983. The zero-order valence-corrected chi connectivity index (χ0v) is 13.0. The predicted molar refractivity (Wildman–Crippen MR) is 87.8 cm³/mol. The second kappa shape index (κ2) is 5.49. The number of fused-ring (bicyclic) bond motifs is 1. The van der Waals surface area contributed by atoms with E-state index in [0.29, 0.717) is 10.8 Å². The maximum absolute atomic E-state index is 13.2. The fourth-order valence-corrected chi connectivity index (χ4v) is 3.45. The summed E-state index contributed by atoms with van der Waals surface area (Å²) in [4.78, 5) is 4.46. The summed E-state index contributed by atoms with van der Waals surface area (Å²) >= 11 is 1.44. The molecule has 2 nitrogen and oxygen atoms in total. The molecule has 0 unspecified atom stereocenters. The van der Waals surface area contributed by atoms with Gasteiger partial charge in [-0.15, -0.1) is 11.3 Å². The molecule has 0 saturated carbocycles. The molecule has 2 heterocycles. The van der Waals surface area contributed by atoms with Crippen LogP contribution in [0.3, 0.4) is 0 Å². The Morgan fingerprint density at radius 1 is 0.833 bits per heavy atom. The molecule has 0 aliphatic rings.